The molecule has 0 saturated carbocycles. The van der Waals surface area contributed by atoms with E-state index in [0.717, 1.165) is 0 Å². The second-order valence-electron chi connectivity index (χ2n) is 5.89. The topological polar surface area (TPSA) is 69.0 Å². The SMILES string of the molecule is CNC(C)c1nc2ncccc2c(=O)n1-c1ccc(OCC(F)(F)F)cc1. The maximum absolute atomic E-state index is 13.0. The number of alkyl halides is 3. The molecular formula is C18H17F3N4O2. The van der Waals surface area contributed by atoms with Gasteiger partial charge in [-0.15, -0.1) is 0 Å². The number of halogens is 3. The molecule has 3 rings (SSSR count). The van der Waals surface area contributed by atoms with Crippen molar-refractivity contribution in [3.63, 3.8) is 0 Å². The highest BCUT2D eigenvalue weighted by atomic mass is 19.4. The molecule has 0 radical (unpaired) electrons. The van der Waals surface area contributed by atoms with Crippen molar-refractivity contribution in [2.45, 2.75) is 19.1 Å². The van der Waals surface area contributed by atoms with Gasteiger partial charge in [-0.3, -0.25) is 9.36 Å². The highest BCUT2D eigenvalue weighted by Gasteiger charge is 2.28. The Morgan fingerprint density at radius 1 is 1.22 bits per heavy atom. The molecule has 1 unspecified atom stereocenters. The largest absolute Gasteiger partial charge is 0.484 e. The third-order valence-corrected chi connectivity index (χ3v) is 3.99. The van der Waals surface area contributed by atoms with E-state index in [9.17, 15) is 18.0 Å². The zero-order valence-electron chi connectivity index (χ0n) is 14.6. The molecule has 0 spiro atoms. The van der Waals surface area contributed by atoms with Crippen LogP contribution >= 0.6 is 0 Å². The van der Waals surface area contributed by atoms with Crippen LogP contribution in [0.4, 0.5) is 13.2 Å². The predicted octanol–water partition coefficient (Wildman–Crippen LogP) is 3.00. The van der Waals surface area contributed by atoms with E-state index in [1.807, 2.05) is 6.92 Å². The number of hydrogen-bond acceptors (Lipinski definition) is 5. The number of hydrogen-bond donors (Lipinski definition) is 1. The normalized spacial score (nSPS) is 12.9. The summed E-state index contributed by atoms with van der Waals surface area (Å²) in [5, 5.41) is 3.38. The fourth-order valence-electron chi connectivity index (χ4n) is 2.56. The number of benzene rings is 1. The lowest BCUT2D eigenvalue weighted by Crippen LogP contribution is -2.29. The standard InChI is InChI=1S/C18H17F3N4O2/c1-11(22-2)16-24-15-14(4-3-9-23-15)17(26)25(16)12-5-7-13(8-6-12)27-10-18(19,20)21/h3-9,11,22H,10H2,1-2H3. The van der Waals surface area contributed by atoms with Crippen molar-refractivity contribution in [1.82, 2.24) is 19.9 Å². The first-order valence-electron chi connectivity index (χ1n) is 8.15. The molecule has 0 aliphatic carbocycles. The molecule has 1 N–H and O–H groups in total. The van der Waals surface area contributed by atoms with Gasteiger partial charge in [0.2, 0.25) is 0 Å². The minimum absolute atomic E-state index is 0.0581. The molecule has 3 aromatic rings. The van der Waals surface area contributed by atoms with E-state index in [2.05, 4.69) is 15.3 Å². The van der Waals surface area contributed by atoms with Crippen molar-refractivity contribution in [2.75, 3.05) is 13.7 Å². The number of ether oxygens (including phenoxy) is 1. The lowest BCUT2D eigenvalue weighted by molar-refractivity contribution is -0.153. The van der Waals surface area contributed by atoms with Crippen LogP contribution in [-0.2, 0) is 0 Å². The summed E-state index contributed by atoms with van der Waals surface area (Å²) in [4.78, 5) is 21.6. The van der Waals surface area contributed by atoms with Gasteiger partial charge in [0.05, 0.1) is 17.1 Å². The molecule has 1 aromatic carbocycles. The van der Waals surface area contributed by atoms with Crippen molar-refractivity contribution < 1.29 is 17.9 Å². The summed E-state index contributed by atoms with van der Waals surface area (Å²) < 4.78 is 43.0. The number of aromatic nitrogens is 3. The van der Waals surface area contributed by atoms with Gasteiger partial charge in [-0.25, -0.2) is 9.97 Å². The highest BCUT2D eigenvalue weighted by molar-refractivity contribution is 5.73. The first-order valence-corrected chi connectivity index (χ1v) is 8.15. The maximum atomic E-state index is 13.0. The van der Waals surface area contributed by atoms with E-state index in [-0.39, 0.29) is 17.4 Å². The quantitative estimate of drug-likeness (QED) is 0.739. The second-order valence-corrected chi connectivity index (χ2v) is 5.89. The lowest BCUT2D eigenvalue weighted by atomic mass is 10.2. The van der Waals surface area contributed by atoms with Crippen LogP contribution in [0.5, 0.6) is 5.75 Å². The summed E-state index contributed by atoms with van der Waals surface area (Å²) in [6.45, 7) is 0.464. The van der Waals surface area contributed by atoms with Gasteiger partial charge < -0.3 is 10.1 Å². The van der Waals surface area contributed by atoms with Gasteiger partial charge in [0.1, 0.15) is 11.6 Å². The highest BCUT2D eigenvalue weighted by Crippen LogP contribution is 2.21. The van der Waals surface area contributed by atoms with Crippen LogP contribution in [0.2, 0.25) is 0 Å². The molecule has 0 amide bonds. The van der Waals surface area contributed by atoms with Gasteiger partial charge in [-0.05, 0) is 50.4 Å². The molecule has 27 heavy (non-hydrogen) atoms. The molecule has 2 aromatic heterocycles. The van der Waals surface area contributed by atoms with Gasteiger partial charge >= 0.3 is 6.18 Å². The zero-order chi connectivity index (χ0) is 19.6. The van der Waals surface area contributed by atoms with E-state index < -0.39 is 12.8 Å². The van der Waals surface area contributed by atoms with Crippen molar-refractivity contribution in [3.8, 4) is 11.4 Å². The summed E-state index contributed by atoms with van der Waals surface area (Å²) >= 11 is 0. The molecule has 0 bridgehead atoms. The van der Waals surface area contributed by atoms with Crippen LogP contribution in [0.1, 0.15) is 18.8 Å². The van der Waals surface area contributed by atoms with Crippen LogP contribution < -0.4 is 15.6 Å². The molecule has 0 aliphatic rings. The van der Waals surface area contributed by atoms with Crippen LogP contribution in [0.3, 0.4) is 0 Å². The van der Waals surface area contributed by atoms with E-state index in [1.165, 1.54) is 28.8 Å². The van der Waals surface area contributed by atoms with Gasteiger partial charge in [-0.1, -0.05) is 0 Å². The number of rotatable bonds is 5. The molecule has 0 aliphatic heterocycles. The van der Waals surface area contributed by atoms with Gasteiger partial charge in [0, 0.05) is 6.20 Å². The number of nitrogens with one attached hydrogen (secondary N) is 1. The summed E-state index contributed by atoms with van der Waals surface area (Å²) in [7, 11) is 1.73. The minimum atomic E-state index is -4.42. The lowest BCUT2D eigenvalue weighted by Gasteiger charge is -2.18. The monoisotopic (exact) mass is 378 g/mol. The van der Waals surface area contributed by atoms with E-state index in [4.69, 9.17) is 4.74 Å². The van der Waals surface area contributed by atoms with Crippen molar-refractivity contribution >= 4 is 11.0 Å². The fraction of sp³-hybridized carbons (Fsp3) is 0.278. The first-order chi connectivity index (χ1) is 12.8. The Bertz CT molecular complexity index is 1000. The Morgan fingerprint density at radius 3 is 2.56 bits per heavy atom. The van der Waals surface area contributed by atoms with Crippen LogP contribution in [0.25, 0.3) is 16.7 Å². The van der Waals surface area contributed by atoms with Gasteiger partial charge in [0.25, 0.3) is 5.56 Å². The van der Waals surface area contributed by atoms with Crippen LogP contribution in [0, 0.1) is 0 Å². The molecule has 6 nitrogen and oxygen atoms in total. The van der Waals surface area contributed by atoms with Gasteiger partial charge in [0.15, 0.2) is 12.3 Å². The molecule has 142 valence electrons. The van der Waals surface area contributed by atoms with E-state index in [0.29, 0.717) is 22.5 Å². The molecule has 2 heterocycles. The Kier molecular flexibility index (Phi) is 5.13. The molecule has 9 heteroatoms. The molecular weight excluding hydrogens is 361 g/mol. The molecule has 0 fully saturated rings. The Labute approximate surface area is 152 Å². The maximum Gasteiger partial charge on any atom is 0.422 e. The second kappa shape index (κ2) is 7.36. The number of nitrogens with zero attached hydrogens (tertiary/aromatic N) is 3. The van der Waals surface area contributed by atoms with Gasteiger partial charge in [-0.2, -0.15) is 13.2 Å². The molecule has 0 saturated heterocycles. The van der Waals surface area contributed by atoms with Crippen molar-refractivity contribution in [2.24, 2.45) is 0 Å². The van der Waals surface area contributed by atoms with Crippen molar-refractivity contribution in [3.05, 3.63) is 58.8 Å². The summed E-state index contributed by atoms with van der Waals surface area (Å²) in [5.41, 5.74) is 0.491. The third kappa shape index (κ3) is 4.08. The first kappa shape index (κ1) is 18.8. The minimum Gasteiger partial charge on any atom is -0.484 e. The van der Waals surface area contributed by atoms with Crippen LogP contribution in [-0.4, -0.2) is 34.4 Å². The summed E-state index contributed by atoms with van der Waals surface area (Å²) in [6.07, 6.45) is -2.86. The van der Waals surface area contributed by atoms with Crippen molar-refractivity contribution in [1.29, 1.82) is 0 Å². The average molecular weight is 378 g/mol. The average Bonchev–Trinajstić information content (AvgIpc) is 2.65. The third-order valence-electron chi connectivity index (χ3n) is 3.99. The van der Waals surface area contributed by atoms with E-state index >= 15 is 0 Å². The predicted molar refractivity (Wildman–Crippen MR) is 94.2 cm³/mol. The Hall–Kier alpha value is -2.94. The Morgan fingerprint density at radius 2 is 1.93 bits per heavy atom. The fourth-order valence-corrected chi connectivity index (χ4v) is 2.56. The number of fused-ring (bicyclic) bond motifs is 1. The smallest absolute Gasteiger partial charge is 0.422 e. The molecule has 1 atom stereocenters. The van der Waals surface area contributed by atoms with Crippen LogP contribution in [0.15, 0.2) is 47.4 Å². The zero-order valence-corrected chi connectivity index (χ0v) is 14.6. The number of pyridine rings is 1. The summed E-state index contributed by atoms with van der Waals surface area (Å²) in [6, 6.07) is 8.81. The Balaban J connectivity index is 2.07. The summed E-state index contributed by atoms with van der Waals surface area (Å²) in [5.74, 6) is 0.500. The van der Waals surface area contributed by atoms with E-state index in [1.54, 1.807) is 25.4 Å².